The van der Waals surface area contributed by atoms with E-state index in [4.69, 9.17) is 0 Å². The number of sulfone groups is 1. The molecule has 0 fully saturated rings. The average molecular weight is 396 g/mol. The minimum absolute atomic E-state index is 0.0936. The first-order valence-corrected chi connectivity index (χ1v) is 9.75. The van der Waals surface area contributed by atoms with Crippen LogP contribution in [0.1, 0.15) is 15.9 Å². The molecule has 1 N–H and O–H groups in total. The fourth-order valence-electron chi connectivity index (χ4n) is 2.75. The molecule has 0 saturated heterocycles. The van der Waals surface area contributed by atoms with E-state index in [0.29, 0.717) is 5.69 Å². The van der Waals surface area contributed by atoms with Crippen LogP contribution in [0.25, 0.3) is 0 Å². The lowest BCUT2D eigenvalue weighted by atomic mass is 10.1. The highest BCUT2D eigenvalue weighted by atomic mass is 32.2. The summed E-state index contributed by atoms with van der Waals surface area (Å²) < 4.78 is 26.2. The zero-order valence-corrected chi connectivity index (χ0v) is 15.6. The number of carbonyl (C=O) groups is 1. The van der Waals surface area contributed by atoms with E-state index in [0.717, 1.165) is 17.7 Å². The van der Waals surface area contributed by atoms with Crippen LogP contribution >= 0.6 is 0 Å². The number of hydrogen-bond acceptors (Lipinski definition) is 5. The number of rotatable bonds is 5. The normalized spacial score (nSPS) is 11.0. The van der Waals surface area contributed by atoms with Gasteiger partial charge in [0.05, 0.1) is 15.4 Å². The summed E-state index contributed by atoms with van der Waals surface area (Å²) in [5.41, 5.74) is 0.723. The second-order valence-corrected chi connectivity index (χ2v) is 7.88. The lowest BCUT2D eigenvalue weighted by molar-refractivity contribution is -0.387. The van der Waals surface area contributed by atoms with Gasteiger partial charge in [0.15, 0.2) is 0 Å². The maximum Gasteiger partial charge on any atom is 0.288 e. The number of hydrogen-bond donors (Lipinski definition) is 1. The van der Waals surface area contributed by atoms with Crippen molar-refractivity contribution in [1.29, 1.82) is 0 Å². The van der Waals surface area contributed by atoms with Crippen LogP contribution in [0.15, 0.2) is 82.6 Å². The Labute approximate surface area is 161 Å². The number of anilines is 1. The second kappa shape index (κ2) is 7.61. The largest absolute Gasteiger partial charge is 0.322 e. The molecule has 3 aromatic carbocycles. The summed E-state index contributed by atoms with van der Waals surface area (Å²) in [4.78, 5) is 22.5. The maximum atomic E-state index is 13.1. The third kappa shape index (κ3) is 3.63. The Morgan fingerprint density at radius 2 is 1.46 bits per heavy atom. The number of nitrogens with zero attached hydrogens (tertiary/aromatic N) is 1. The van der Waals surface area contributed by atoms with E-state index in [1.165, 1.54) is 36.4 Å². The minimum Gasteiger partial charge on any atom is -0.322 e. The quantitative estimate of drug-likeness (QED) is 0.518. The van der Waals surface area contributed by atoms with Crippen molar-refractivity contribution in [2.45, 2.75) is 16.7 Å². The van der Waals surface area contributed by atoms with Crippen molar-refractivity contribution >= 4 is 27.1 Å². The standard InChI is InChI=1S/C20H16N2O5S/c1-14-8-2-4-10-16(14)21-20(23)15-9-3-6-12-18(15)28(26,27)19-13-7-5-11-17(19)22(24)25/h2-13H,1H3,(H,21,23). The molecule has 28 heavy (non-hydrogen) atoms. The Morgan fingerprint density at radius 1 is 0.893 bits per heavy atom. The van der Waals surface area contributed by atoms with Crippen LogP contribution in [0.5, 0.6) is 0 Å². The molecule has 0 aliphatic carbocycles. The van der Waals surface area contributed by atoms with Gasteiger partial charge in [0.2, 0.25) is 9.84 Å². The number of carbonyl (C=O) groups excluding carboxylic acids is 1. The van der Waals surface area contributed by atoms with E-state index < -0.39 is 31.3 Å². The molecule has 0 bridgehead atoms. The monoisotopic (exact) mass is 396 g/mol. The maximum absolute atomic E-state index is 13.1. The summed E-state index contributed by atoms with van der Waals surface area (Å²) in [6.45, 7) is 1.81. The molecular formula is C20H16N2O5S. The first-order chi connectivity index (χ1) is 13.3. The number of nitro groups is 1. The highest BCUT2D eigenvalue weighted by Gasteiger charge is 2.30. The summed E-state index contributed by atoms with van der Waals surface area (Å²) in [6, 6.07) is 17.8. The number of nitrogens with one attached hydrogen (secondary N) is 1. The molecule has 0 radical (unpaired) electrons. The molecule has 1 amide bonds. The summed E-state index contributed by atoms with van der Waals surface area (Å²) in [5.74, 6) is -0.618. The van der Waals surface area contributed by atoms with Gasteiger partial charge in [-0.2, -0.15) is 0 Å². The predicted octanol–water partition coefficient (Wildman–Crippen LogP) is 3.99. The van der Waals surface area contributed by atoms with Gasteiger partial charge in [-0.05, 0) is 36.8 Å². The third-order valence-electron chi connectivity index (χ3n) is 4.17. The Balaban J connectivity index is 2.09. The lowest BCUT2D eigenvalue weighted by Crippen LogP contribution is -2.17. The fraction of sp³-hybridized carbons (Fsp3) is 0.0500. The first-order valence-electron chi connectivity index (χ1n) is 8.27. The molecular weight excluding hydrogens is 380 g/mol. The van der Waals surface area contributed by atoms with E-state index in [1.54, 1.807) is 12.1 Å². The van der Waals surface area contributed by atoms with Crippen molar-refractivity contribution in [2.24, 2.45) is 0 Å². The summed E-state index contributed by atoms with van der Waals surface area (Å²) in [5, 5.41) is 13.9. The van der Waals surface area contributed by atoms with Gasteiger partial charge >= 0.3 is 0 Å². The Hall–Kier alpha value is -3.52. The van der Waals surface area contributed by atoms with Gasteiger partial charge in [-0.1, -0.05) is 42.5 Å². The molecule has 0 unspecified atom stereocenters. The summed E-state index contributed by atoms with van der Waals surface area (Å²) in [7, 11) is -4.30. The van der Waals surface area contributed by atoms with Crippen molar-refractivity contribution in [1.82, 2.24) is 0 Å². The first kappa shape index (κ1) is 19.2. The highest BCUT2D eigenvalue weighted by Crippen LogP contribution is 2.31. The molecule has 0 aliphatic rings. The van der Waals surface area contributed by atoms with E-state index in [1.807, 2.05) is 19.1 Å². The number of para-hydroxylation sites is 2. The van der Waals surface area contributed by atoms with Crippen molar-refractivity contribution in [2.75, 3.05) is 5.32 Å². The van der Waals surface area contributed by atoms with Crippen LogP contribution in [0.2, 0.25) is 0 Å². The lowest BCUT2D eigenvalue weighted by Gasteiger charge is -2.12. The SMILES string of the molecule is Cc1ccccc1NC(=O)c1ccccc1S(=O)(=O)c1ccccc1[N+](=O)[O-]. The molecule has 3 aromatic rings. The second-order valence-electron chi connectivity index (χ2n) is 5.99. The van der Waals surface area contributed by atoms with Crippen LogP contribution < -0.4 is 5.32 Å². The van der Waals surface area contributed by atoms with Crippen molar-refractivity contribution in [3.05, 3.63) is 94.0 Å². The van der Waals surface area contributed by atoms with Gasteiger partial charge in [0.1, 0.15) is 4.90 Å². The van der Waals surface area contributed by atoms with Crippen LogP contribution in [0.3, 0.4) is 0 Å². The van der Waals surface area contributed by atoms with Gasteiger partial charge in [-0.3, -0.25) is 14.9 Å². The summed E-state index contributed by atoms with van der Waals surface area (Å²) >= 11 is 0. The molecule has 142 valence electrons. The highest BCUT2D eigenvalue weighted by molar-refractivity contribution is 7.91. The Kier molecular flexibility index (Phi) is 5.23. The van der Waals surface area contributed by atoms with Gasteiger partial charge in [-0.15, -0.1) is 0 Å². The predicted molar refractivity (Wildman–Crippen MR) is 104 cm³/mol. The smallest absolute Gasteiger partial charge is 0.288 e. The topological polar surface area (TPSA) is 106 Å². The van der Waals surface area contributed by atoms with Crippen molar-refractivity contribution in [3.8, 4) is 0 Å². The zero-order chi connectivity index (χ0) is 20.3. The average Bonchev–Trinajstić information content (AvgIpc) is 2.69. The molecule has 0 heterocycles. The van der Waals surface area contributed by atoms with Crippen molar-refractivity contribution in [3.63, 3.8) is 0 Å². The van der Waals surface area contributed by atoms with Crippen LogP contribution in [0.4, 0.5) is 11.4 Å². The molecule has 3 rings (SSSR count). The molecule has 0 aromatic heterocycles. The zero-order valence-electron chi connectivity index (χ0n) is 14.8. The van der Waals surface area contributed by atoms with E-state index >= 15 is 0 Å². The van der Waals surface area contributed by atoms with Gasteiger partial charge in [0, 0.05) is 11.8 Å². The molecule has 0 atom stereocenters. The van der Waals surface area contributed by atoms with Crippen LogP contribution in [-0.4, -0.2) is 19.2 Å². The van der Waals surface area contributed by atoms with E-state index in [2.05, 4.69) is 5.32 Å². The van der Waals surface area contributed by atoms with E-state index in [9.17, 15) is 23.3 Å². The number of nitro benzene ring substituents is 1. The van der Waals surface area contributed by atoms with Crippen LogP contribution in [0, 0.1) is 17.0 Å². The van der Waals surface area contributed by atoms with Gasteiger partial charge in [-0.25, -0.2) is 8.42 Å². The molecule has 0 saturated carbocycles. The van der Waals surface area contributed by atoms with Crippen molar-refractivity contribution < 1.29 is 18.1 Å². The molecule has 8 heteroatoms. The molecule has 0 spiro atoms. The van der Waals surface area contributed by atoms with Gasteiger partial charge in [0.25, 0.3) is 11.6 Å². The van der Waals surface area contributed by atoms with Crippen LogP contribution in [-0.2, 0) is 9.84 Å². The third-order valence-corrected chi connectivity index (χ3v) is 6.03. The fourth-order valence-corrected chi connectivity index (χ4v) is 4.37. The number of benzene rings is 3. The summed E-state index contributed by atoms with van der Waals surface area (Å²) in [6.07, 6.45) is 0. The minimum atomic E-state index is -4.30. The number of aryl methyl sites for hydroxylation is 1. The molecule has 7 nitrogen and oxygen atoms in total. The Morgan fingerprint density at radius 3 is 2.14 bits per heavy atom. The van der Waals surface area contributed by atoms with Gasteiger partial charge < -0.3 is 5.32 Å². The number of amides is 1. The Bertz CT molecular complexity index is 1170. The molecule has 0 aliphatic heterocycles. The van der Waals surface area contributed by atoms with E-state index in [-0.39, 0.29) is 10.5 Å².